The number of carbonyl (C=O) groups is 1. The number of rotatable bonds is 6. The van der Waals surface area contributed by atoms with Gasteiger partial charge in [0.1, 0.15) is 0 Å². The molecule has 0 saturated carbocycles. The molecule has 0 bridgehead atoms. The van der Waals surface area contributed by atoms with Crippen molar-refractivity contribution >= 4 is 5.97 Å². The van der Waals surface area contributed by atoms with Gasteiger partial charge in [-0.2, -0.15) is 0 Å². The zero-order valence-electron chi connectivity index (χ0n) is 11.4. The number of hydrogen-bond acceptors (Lipinski definition) is 3. The fourth-order valence-electron chi connectivity index (χ4n) is 1.81. The highest BCUT2D eigenvalue weighted by molar-refractivity contribution is 5.66. The van der Waals surface area contributed by atoms with Gasteiger partial charge in [-0.05, 0) is 32.9 Å². The average molecular weight is 250 g/mol. The largest absolute Gasteiger partial charge is 0.481 e. The van der Waals surface area contributed by atoms with Crippen LogP contribution in [0.25, 0.3) is 0 Å². The summed E-state index contributed by atoms with van der Waals surface area (Å²) in [5, 5.41) is 8.77. The topological polar surface area (TPSA) is 53.4 Å². The van der Waals surface area contributed by atoms with Crippen molar-refractivity contribution in [3.8, 4) is 0 Å². The van der Waals surface area contributed by atoms with Crippen LogP contribution in [0, 0.1) is 0 Å². The third-order valence-electron chi connectivity index (χ3n) is 2.91. The minimum atomic E-state index is -0.748. The second-order valence-corrected chi connectivity index (χ2v) is 5.37. The van der Waals surface area contributed by atoms with Gasteiger partial charge in [-0.1, -0.05) is 6.07 Å². The van der Waals surface area contributed by atoms with Crippen LogP contribution in [-0.2, 0) is 11.2 Å². The smallest absolute Gasteiger partial charge is 0.304 e. The van der Waals surface area contributed by atoms with E-state index < -0.39 is 5.97 Å². The van der Waals surface area contributed by atoms with Crippen LogP contribution in [0.15, 0.2) is 24.4 Å². The first-order valence-electron chi connectivity index (χ1n) is 6.26. The molecule has 0 saturated heterocycles. The van der Waals surface area contributed by atoms with Crippen molar-refractivity contribution in [2.75, 3.05) is 13.1 Å². The molecule has 0 aliphatic carbocycles. The van der Waals surface area contributed by atoms with Crippen molar-refractivity contribution in [3.63, 3.8) is 0 Å². The van der Waals surface area contributed by atoms with Crippen molar-refractivity contribution < 1.29 is 9.90 Å². The van der Waals surface area contributed by atoms with Crippen LogP contribution in [0.4, 0.5) is 0 Å². The highest BCUT2D eigenvalue weighted by Crippen LogP contribution is 2.14. The minimum Gasteiger partial charge on any atom is -0.481 e. The normalized spacial score (nSPS) is 11.8. The summed E-state index contributed by atoms with van der Waals surface area (Å²) < 4.78 is 0. The number of hydrogen-bond donors (Lipinski definition) is 1. The zero-order valence-corrected chi connectivity index (χ0v) is 11.4. The molecule has 0 amide bonds. The Morgan fingerprint density at radius 3 is 2.56 bits per heavy atom. The highest BCUT2D eigenvalue weighted by atomic mass is 16.4. The summed E-state index contributed by atoms with van der Waals surface area (Å²) in [4.78, 5) is 17.1. The predicted octanol–water partition coefficient (Wildman–Crippen LogP) is 2.20. The minimum absolute atomic E-state index is 0.0236. The van der Waals surface area contributed by atoms with Gasteiger partial charge in [0.05, 0.1) is 6.42 Å². The predicted molar refractivity (Wildman–Crippen MR) is 71.5 cm³/mol. The molecule has 0 radical (unpaired) electrons. The van der Waals surface area contributed by atoms with Crippen LogP contribution < -0.4 is 0 Å². The molecule has 0 aromatic carbocycles. The van der Waals surface area contributed by atoms with E-state index in [0.29, 0.717) is 6.54 Å². The SMILES string of the molecule is CC(C)(C)N(CCC(=O)O)CCc1ccccn1. The molecule has 100 valence electrons. The maximum absolute atomic E-state index is 10.7. The van der Waals surface area contributed by atoms with Gasteiger partial charge in [-0.15, -0.1) is 0 Å². The Morgan fingerprint density at radius 1 is 1.33 bits per heavy atom. The van der Waals surface area contributed by atoms with Crippen LogP contribution in [0.3, 0.4) is 0 Å². The van der Waals surface area contributed by atoms with Gasteiger partial charge in [0.25, 0.3) is 0 Å². The van der Waals surface area contributed by atoms with E-state index in [1.54, 1.807) is 6.20 Å². The second-order valence-electron chi connectivity index (χ2n) is 5.37. The Kier molecular flexibility index (Phi) is 5.28. The molecule has 1 aromatic rings. The number of aliphatic carboxylic acids is 1. The molecule has 0 spiro atoms. The monoisotopic (exact) mass is 250 g/mol. The molecular weight excluding hydrogens is 228 g/mol. The lowest BCUT2D eigenvalue weighted by Gasteiger charge is -2.35. The van der Waals surface area contributed by atoms with Crippen LogP contribution in [0.5, 0.6) is 0 Å². The third kappa shape index (κ3) is 5.27. The average Bonchev–Trinajstić information content (AvgIpc) is 2.28. The van der Waals surface area contributed by atoms with E-state index in [4.69, 9.17) is 5.11 Å². The van der Waals surface area contributed by atoms with Gasteiger partial charge in [0.15, 0.2) is 0 Å². The highest BCUT2D eigenvalue weighted by Gasteiger charge is 2.21. The van der Waals surface area contributed by atoms with Crippen molar-refractivity contribution in [3.05, 3.63) is 30.1 Å². The van der Waals surface area contributed by atoms with Crippen LogP contribution >= 0.6 is 0 Å². The fraction of sp³-hybridized carbons (Fsp3) is 0.571. The van der Waals surface area contributed by atoms with Gasteiger partial charge in [0.2, 0.25) is 0 Å². The van der Waals surface area contributed by atoms with Crippen molar-refractivity contribution in [1.82, 2.24) is 9.88 Å². The van der Waals surface area contributed by atoms with Crippen molar-refractivity contribution in [1.29, 1.82) is 0 Å². The van der Waals surface area contributed by atoms with E-state index in [1.807, 2.05) is 18.2 Å². The number of carboxylic acids is 1. The van der Waals surface area contributed by atoms with Gasteiger partial charge >= 0.3 is 5.97 Å². The van der Waals surface area contributed by atoms with E-state index in [9.17, 15) is 4.79 Å². The lowest BCUT2D eigenvalue weighted by Crippen LogP contribution is -2.43. The summed E-state index contributed by atoms with van der Waals surface area (Å²) in [6.07, 6.45) is 2.81. The van der Waals surface area contributed by atoms with Crippen LogP contribution in [-0.4, -0.2) is 39.6 Å². The number of aromatic nitrogens is 1. The van der Waals surface area contributed by atoms with E-state index in [2.05, 4.69) is 30.7 Å². The number of nitrogens with zero attached hydrogens (tertiary/aromatic N) is 2. The molecule has 0 aliphatic heterocycles. The van der Waals surface area contributed by atoms with E-state index in [1.165, 1.54) is 0 Å². The lowest BCUT2D eigenvalue weighted by molar-refractivity contribution is -0.137. The standard InChI is InChI=1S/C14H22N2O2/c1-14(2,3)16(11-8-13(17)18)10-7-12-6-4-5-9-15-12/h4-6,9H,7-8,10-11H2,1-3H3,(H,17,18). The molecule has 18 heavy (non-hydrogen) atoms. The Bertz CT molecular complexity index is 371. The molecule has 1 N–H and O–H groups in total. The summed E-state index contributed by atoms with van der Waals surface area (Å²) in [6.45, 7) is 7.72. The summed E-state index contributed by atoms with van der Waals surface area (Å²) in [7, 11) is 0. The number of pyridine rings is 1. The summed E-state index contributed by atoms with van der Waals surface area (Å²) >= 11 is 0. The van der Waals surface area contributed by atoms with E-state index in [-0.39, 0.29) is 12.0 Å². The Morgan fingerprint density at radius 2 is 2.06 bits per heavy atom. The van der Waals surface area contributed by atoms with Gasteiger partial charge < -0.3 is 5.11 Å². The summed E-state index contributed by atoms with van der Waals surface area (Å²) in [6, 6.07) is 5.87. The molecule has 1 aromatic heterocycles. The van der Waals surface area contributed by atoms with Gasteiger partial charge in [-0.25, -0.2) is 0 Å². The molecule has 4 heteroatoms. The molecule has 0 atom stereocenters. The Hall–Kier alpha value is -1.42. The molecular formula is C14H22N2O2. The summed E-state index contributed by atoms with van der Waals surface area (Å²) in [5.74, 6) is -0.748. The first kappa shape index (κ1) is 14.6. The van der Waals surface area contributed by atoms with Gasteiger partial charge in [0, 0.05) is 36.9 Å². The lowest BCUT2D eigenvalue weighted by atomic mass is 10.0. The van der Waals surface area contributed by atoms with E-state index >= 15 is 0 Å². The fourth-order valence-corrected chi connectivity index (χ4v) is 1.81. The quantitative estimate of drug-likeness (QED) is 0.841. The molecule has 0 fully saturated rings. The molecule has 1 rings (SSSR count). The first-order chi connectivity index (χ1) is 8.39. The molecule has 4 nitrogen and oxygen atoms in total. The maximum Gasteiger partial charge on any atom is 0.304 e. The van der Waals surface area contributed by atoms with Gasteiger partial charge in [-0.3, -0.25) is 14.7 Å². The Balaban J connectivity index is 2.54. The molecule has 1 heterocycles. The van der Waals surface area contributed by atoms with Crippen molar-refractivity contribution in [2.45, 2.75) is 39.2 Å². The van der Waals surface area contributed by atoms with E-state index in [0.717, 1.165) is 18.7 Å². The van der Waals surface area contributed by atoms with Crippen molar-refractivity contribution in [2.24, 2.45) is 0 Å². The zero-order chi connectivity index (χ0) is 13.6. The first-order valence-corrected chi connectivity index (χ1v) is 6.26. The number of carboxylic acid groups (broad SMARTS) is 1. The molecule has 0 unspecified atom stereocenters. The summed E-state index contributed by atoms with van der Waals surface area (Å²) in [5.41, 5.74) is 1.02. The second kappa shape index (κ2) is 6.50. The van der Waals surface area contributed by atoms with Crippen LogP contribution in [0.2, 0.25) is 0 Å². The van der Waals surface area contributed by atoms with Crippen LogP contribution in [0.1, 0.15) is 32.9 Å². The third-order valence-corrected chi connectivity index (χ3v) is 2.91. The Labute approximate surface area is 109 Å². The molecule has 0 aliphatic rings. The maximum atomic E-state index is 10.7.